The van der Waals surface area contributed by atoms with Gasteiger partial charge < -0.3 is 13.9 Å². The van der Waals surface area contributed by atoms with Gasteiger partial charge in [-0.15, -0.1) is 0 Å². The normalized spacial score (nSPS) is 24.4. The molecule has 1 amide bonds. The summed E-state index contributed by atoms with van der Waals surface area (Å²) < 4.78 is 26.2. The molecule has 3 aliphatic rings. The second-order valence-electron chi connectivity index (χ2n) is 10.9. The Morgan fingerprint density at radius 2 is 2.05 bits per heavy atom. The summed E-state index contributed by atoms with van der Waals surface area (Å²) in [6.07, 6.45) is 6.03. The second kappa shape index (κ2) is 8.75. The van der Waals surface area contributed by atoms with Gasteiger partial charge in [0, 0.05) is 46.0 Å². The lowest BCUT2D eigenvalue weighted by molar-refractivity contribution is 0.0902. The number of imidazole rings is 1. The minimum atomic E-state index is -0.414. The number of piperidine rings is 1. The highest BCUT2D eigenvalue weighted by atomic mass is 79.9. The molecule has 1 N–H and O–H groups in total. The number of aryl methyl sites for hydroxylation is 2. The average Bonchev–Trinajstić information content (AvgIpc) is 3.53. The van der Waals surface area contributed by atoms with Crippen LogP contribution in [0.25, 0.3) is 22.2 Å². The number of carbonyl (C=O) groups excluding carboxylic acids is 1. The maximum Gasteiger partial charge on any atom is 0.259 e. The Labute approximate surface area is 231 Å². The molecular weight excluding hydrogens is 569 g/mol. The third-order valence-electron chi connectivity index (χ3n) is 8.38. The molecule has 5 heterocycles. The molecule has 1 aromatic carbocycles. The fourth-order valence-electron chi connectivity index (χ4n) is 6.70. The lowest BCUT2D eigenvalue weighted by Crippen LogP contribution is -2.50. The Balaban J connectivity index is 1.44. The molecule has 202 valence electrons. The number of hydrogen-bond acceptors (Lipinski definition) is 6. The zero-order valence-corrected chi connectivity index (χ0v) is 23.2. The molecule has 3 atom stereocenters. The maximum atomic E-state index is 14.6. The first kappa shape index (κ1) is 24.5. The van der Waals surface area contributed by atoms with Gasteiger partial charge in [0.2, 0.25) is 11.8 Å². The molecule has 3 unspecified atom stereocenters. The molecule has 12 heteroatoms. The summed E-state index contributed by atoms with van der Waals surface area (Å²) >= 11 is 3.34. The van der Waals surface area contributed by atoms with Crippen LogP contribution in [0.1, 0.15) is 29.6 Å². The number of rotatable bonds is 0. The largest absolute Gasteiger partial charge is 0.476 e. The molecule has 39 heavy (non-hydrogen) atoms. The van der Waals surface area contributed by atoms with E-state index in [-0.39, 0.29) is 16.7 Å². The van der Waals surface area contributed by atoms with Gasteiger partial charge in [0.15, 0.2) is 0 Å². The van der Waals surface area contributed by atoms with Crippen molar-refractivity contribution in [2.45, 2.75) is 24.8 Å². The van der Waals surface area contributed by atoms with Gasteiger partial charge in [-0.1, -0.05) is 0 Å². The summed E-state index contributed by atoms with van der Waals surface area (Å²) in [7, 11) is 3.38. The summed E-state index contributed by atoms with van der Waals surface area (Å²) in [5.74, 6) is 0.524. The van der Waals surface area contributed by atoms with Crippen LogP contribution in [-0.4, -0.2) is 60.9 Å². The minimum absolute atomic E-state index is 0.267. The van der Waals surface area contributed by atoms with Crippen LogP contribution in [0.15, 0.2) is 39.9 Å². The van der Waals surface area contributed by atoms with E-state index in [2.05, 4.69) is 35.8 Å². The van der Waals surface area contributed by atoms with Crippen LogP contribution < -0.4 is 15.6 Å². The van der Waals surface area contributed by atoms with E-state index in [1.54, 1.807) is 37.1 Å². The molecule has 10 nitrogen and oxygen atoms in total. The third kappa shape index (κ3) is 3.83. The Bertz CT molecular complexity index is 1730. The van der Waals surface area contributed by atoms with Crippen LogP contribution in [-0.2, 0) is 19.6 Å². The van der Waals surface area contributed by atoms with Gasteiger partial charge in [-0.2, -0.15) is 5.10 Å². The number of nitrogens with one attached hydrogen (secondary N) is 1. The number of amides is 1. The summed E-state index contributed by atoms with van der Waals surface area (Å²) in [5, 5.41) is 7.34. The SMILES string of the molecule is Cn1ncc2c1OCCN1CC3CCC(C3)(C1)n1c(nc3cc(F)c(Br)cc31)NC(=O)c1cc-2c(=O)n(C)c1. The van der Waals surface area contributed by atoms with E-state index in [0.29, 0.717) is 52.0 Å². The number of pyridine rings is 1. The predicted octanol–water partition coefficient (Wildman–Crippen LogP) is 3.49. The second-order valence-corrected chi connectivity index (χ2v) is 11.8. The van der Waals surface area contributed by atoms with Crippen LogP contribution in [0.3, 0.4) is 0 Å². The zero-order valence-electron chi connectivity index (χ0n) is 21.6. The smallest absolute Gasteiger partial charge is 0.259 e. The van der Waals surface area contributed by atoms with E-state index in [0.717, 1.165) is 37.9 Å². The van der Waals surface area contributed by atoms with Gasteiger partial charge >= 0.3 is 0 Å². The van der Waals surface area contributed by atoms with Crippen LogP contribution in [0, 0.1) is 11.7 Å². The first-order chi connectivity index (χ1) is 18.7. The molecule has 1 spiro atoms. The Morgan fingerprint density at radius 1 is 1.21 bits per heavy atom. The van der Waals surface area contributed by atoms with Crippen molar-refractivity contribution in [1.29, 1.82) is 0 Å². The van der Waals surface area contributed by atoms with Crippen LogP contribution in [0.4, 0.5) is 10.3 Å². The number of benzene rings is 1. The fourth-order valence-corrected chi connectivity index (χ4v) is 7.03. The summed E-state index contributed by atoms with van der Waals surface area (Å²) in [6.45, 7) is 2.81. The Morgan fingerprint density at radius 3 is 2.90 bits per heavy atom. The van der Waals surface area contributed by atoms with Crippen LogP contribution in [0.2, 0.25) is 0 Å². The monoisotopic (exact) mass is 595 g/mol. The number of ether oxygens (including phenoxy) is 1. The summed E-state index contributed by atoms with van der Waals surface area (Å²) in [4.78, 5) is 34.0. The lowest BCUT2D eigenvalue weighted by atomic mass is 9.90. The zero-order chi connectivity index (χ0) is 27.1. The molecule has 2 fully saturated rings. The van der Waals surface area contributed by atoms with Crippen molar-refractivity contribution in [1.82, 2.24) is 28.8 Å². The van der Waals surface area contributed by atoms with Crippen molar-refractivity contribution in [3.05, 3.63) is 56.8 Å². The predicted molar refractivity (Wildman–Crippen MR) is 146 cm³/mol. The molecule has 1 aliphatic carbocycles. The van der Waals surface area contributed by atoms with Crippen LogP contribution >= 0.6 is 15.9 Å². The third-order valence-corrected chi connectivity index (χ3v) is 8.99. The van der Waals surface area contributed by atoms with Gasteiger partial charge in [-0.25, -0.2) is 14.1 Å². The number of anilines is 1. The molecular formula is C27H27BrFN7O3. The van der Waals surface area contributed by atoms with Crippen molar-refractivity contribution in [2.75, 3.05) is 31.6 Å². The number of fused-ring (bicyclic) bond motifs is 9. The average molecular weight is 596 g/mol. The fraction of sp³-hybridized carbons (Fsp3) is 0.407. The number of carbonyl (C=O) groups is 1. The highest BCUT2D eigenvalue weighted by Gasteiger charge is 2.48. The first-order valence-electron chi connectivity index (χ1n) is 13.0. The molecule has 2 aliphatic heterocycles. The standard InChI is InChI=1S/C27H27BrFN7O3/c1-33-13-16-7-17(24(33)38)18-11-30-34(2)25(18)39-6-5-35-12-15-3-4-27(10-15,14-35)36-22-8-19(28)20(29)9-21(22)31-26(36)32-23(16)37/h7-9,11,13,15H,3-6,10,12,14H2,1-2H3,(H,31,32,37). The lowest BCUT2D eigenvalue weighted by Gasteiger charge is -2.42. The van der Waals surface area contributed by atoms with E-state index >= 15 is 0 Å². The van der Waals surface area contributed by atoms with Gasteiger partial charge in [-0.05, 0) is 53.2 Å². The van der Waals surface area contributed by atoms with Crippen molar-refractivity contribution in [2.24, 2.45) is 20.0 Å². The highest BCUT2D eigenvalue weighted by Crippen LogP contribution is 2.48. The van der Waals surface area contributed by atoms with Crippen molar-refractivity contribution < 1.29 is 13.9 Å². The number of nitrogens with zero attached hydrogens (tertiary/aromatic N) is 6. The molecule has 0 radical (unpaired) electrons. The molecule has 4 aromatic rings. The molecule has 3 aromatic heterocycles. The number of aromatic nitrogens is 5. The van der Waals surface area contributed by atoms with E-state index < -0.39 is 11.7 Å². The Kier molecular flexibility index (Phi) is 5.50. The summed E-state index contributed by atoms with van der Waals surface area (Å²) in [6, 6.07) is 4.71. The van der Waals surface area contributed by atoms with Gasteiger partial charge in [0.05, 0.1) is 43.9 Å². The van der Waals surface area contributed by atoms with Crippen molar-refractivity contribution in [3.63, 3.8) is 0 Å². The minimum Gasteiger partial charge on any atom is -0.476 e. The maximum absolute atomic E-state index is 14.6. The van der Waals surface area contributed by atoms with E-state index in [4.69, 9.17) is 9.72 Å². The number of halogens is 2. The van der Waals surface area contributed by atoms with Gasteiger partial charge in [-0.3, -0.25) is 19.8 Å². The molecule has 5 bridgehead atoms. The first-order valence-corrected chi connectivity index (χ1v) is 13.8. The van der Waals surface area contributed by atoms with Crippen molar-refractivity contribution in [3.8, 4) is 17.0 Å². The van der Waals surface area contributed by atoms with Crippen molar-refractivity contribution >= 4 is 38.8 Å². The Hall–Kier alpha value is -3.51. The van der Waals surface area contributed by atoms with E-state index in [1.165, 1.54) is 16.8 Å². The molecule has 1 saturated carbocycles. The summed E-state index contributed by atoms with van der Waals surface area (Å²) in [5.41, 5.74) is 1.80. The van der Waals surface area contributed by atoms with E-state index in [1.807, 2.05) is 0 Å². The van der Waals surface area contributed by atoms with Gasteiger partial charge in [0.25, 0.3) is 11.5 Å². The molecule has 1 saturated heterocycles. The van der Waals surface area contributed by atoms with Gasteiger partial charge in [0.1, 0.15) is 12.4 Å². The van der Waals surface area contributed by atoms with E-state index in [9.17, 15) is 14.0 Å². The number of hydrogen-bond donors (Lipinski definition) is 1. The van der Waals surface area contributed by atoms with Crippen LogP contribution in [0.5, 0.6) is 5.88 Å². The topological polar surface area (TPSA) is 99.2 Å². The molecule has 7 rings (SSSR count). The highest BCUT2D eigenvalue weighted by molar-refractivity contribution is 9.10. The quantitative estimate of drug-likeness (QED) is 0.334.